The lowest BCUT2D eigenvalue weighted by Gasteiger charge is -2.61. The van der Waals surface area contributed by atoms with Crippen molar-refractivity contribution in [3.05, 3.63) is 11.1 Å². The van der Waals surface area contributed by atoms with Gasteiger partial charge in [-0.25, -0.2) is 9.78 Å². The molecule has 1 aliphatic heterocycles. The van der Waals surface area contributed by atoms with Gasteiger partial charge in [0.2, 0.25) is 5.91 Å². The van der Waals surface area contributed by atoms with Gasteiger partial charge in [-0.1, -0.05) is 25.6 Å². The van der Waals surface area contributed by atoms with Crippen molar-refractivity contribution in [2.24, 2.45) is 17.3 Å². The summed E-state index contributed by atoms with van der Waals surface area (Å²) in [6.45, 7) is 6.52. The summed E-state index contributed by atoms with van der Waals surface area (Å²) in [5.74, 6) is 1.71. The molecule has 0 aromatic carbocycles. The number of rotatable bonds is 8. The molecule has 1 saturated heterocycles. The molecule has 29 heavy (non-hydrogen) atoms. The number of thioether (sulfide) groups is 1. The second kappa shape index (κ2) is 8.19. The van der Waals surface area contributed by atoms with Crippen LogP contribution in [0.5, 0.6) is 0 Å². The average Bonchev–Trinajstić information content (AvgIpc) is 3.30. The molecule has 4 atom stereocenters. The van der Waals surface area contributed by atoms with Gasteiger partial charge in [0, 0.05) is 42.7 Å². The molecule has 6 nitrogen and oxygen atoms in total. The Kier molecular flexibility index (Phi) is 5.97. The van der Waals surface area contributed by atoms with E-state index in [0.717, 1.165) is 34.9 Å². The van der Waals surface area contributed by atoms with Crippen molar-refractivity contribution < 1.29 is 14.7 Å². The maximum atomic E-state index is 12.5. The molecule has 160 valence electrons. The van der Waals surface area contributed by atoms with E-state index in [-0.39, 0.29) is 11.6 Å². The smallest absolute Gasteiger partial charge is 0.355 e. The van der Waals surface area contributed by atoms with Crippen LogP contribution in [0.1, 0.15) is 56.4 Å². The van der Waals surface area contributed by atoms with Crippen molar-refractivity contribution in [3.8, 4) is 0 Å². The molecule has 1 amide bonds. The van der Waals surface area contributed by atoms with Crippen molar-refractivity contribution in [1.29, 1.82) is 0 Å². The average molecular weight is 438 g/mol. The van der Waals surface area contributed by atoms with Crippen LogP contribution in [-0.4, -0.2) is 69.7 Å². The normalized spacial score (nSPS) is 30.6. The quantitative estimate of drug-likeness (QED) is 0.626. The van der Waals surface area contributed by atoms with Crippen LogP contribution in [0.3, 0.4) is 0 Å². The number of hydrogen-bond acceptors (Lipinski definition) is 6. The number of carbonyl (C=O) groups excluding carboxylic acids is 1. The van der Waals surface area contributed by atoms with Crippen molar-refractivity contribution in [2.75, 3.05) is 25.9 Å². The Balaban J connectivity index is 1.30. The summed E-state index contributed by atoms with van der Waals surface area (Å²) >= 11 is 2.89. The van der Waals surface area contributed by atoms with Crippen molar-refractivity contribution in [2.45, 2.75) is 62.4 Å². The largest absolute Gasteiger partial charge is 0.476 e. The first-order chi connectivity index (χ1) is 13.8. The Morgan fingerprint density at radius 1 is 1.41 bits per heavy atom. The Bertz CT molecular complexity index is 779. The number of carboxylic acids is 1. The molecule has 3 aliphatic carbocycles. The van der Waals surface area contributed by atoms with Gasteiger partial charge in [0.15, 0.2) is 10.0 Å². The molecule has 3 saturated carbocycles. The summed E-state index contributed by atoms with van der Waals surface area (Å²) in [7, 11) is 2.25. The number of likely N-dealkylation sites (N-methyl/N-ethyl adjacent to an activating group) is 1. The molecule has 0 spiro atoms. The van der Waals surface area contributed by atoms with Crippen LogP contribution in [0, 0.1) is 17.3 Å². The third kappa shape index (κ3) is 4.08. The second-order valence-corrected chi connectivity index (χ2v) is 11.6. The predicted octanol–water partition coefficient (Wildman–Crippen LogP) is 3.68. The Morgan fingerprint density at radius 3 is 2.86 bits per heavy atom. The summed E-state index contributed by atoms with van der Waals surface area (Å²) in [5.41, 5.74) is 0.574. The van der Waals surface area contributed by atoms with Gasteiger partial charge in [0.25, 0.3) is 0 Å². The third-order valence-corrected chi connectivity index (χ3v) is 9.60. The number of amides is 1. The highest BCUT2D eigenvalue weighted by molar-refractivity contribution is 8.01. The fourth-order valence-corrected chi connectivity index (χ4v) is 7.52. The van der Waals surface area contributed by atoms with Crippen LogP contribution in [0.15, 0.2) is 9.72 Å². The molecule has 5 rings (SSSR count). The van der Waals surface area contributed by atoms with Crippen molar-refractivity contribution >= 4 is 35.0 Å². The van der Waals surface area contributed by atoms with E-state index >= 15 is 0 Å². The number of likely N-dealkylation sites (tertiary alicyclic amines) is 1. The maximum absolute atomic E-state index is 12.5. The lowest BCUT2D eigenvalue weighted by atomic mass is 9.47. The molecule has 4 aliphatic rings. The second-order valence-electron chi connectivity index (χ2n) is 9.38. The molecule has 0 unspecified atom stereocenters. The highest BCUT2D eigenvalue weighted by atomic mass is 32.2. The maximum Gasteiger partial charge on any atom is 0.355 e. The summed E-state index contributed by atoms with van der Waals surface area (Å²) in [5, 5.41) is 10.6. The number of thiazole rings is 1. The summed E-state index contributed by atoms with van der Waals surface area (Å²) < 4.78 is 0.756. The molecule has 4 fully saturated rings. The molecule has 2 bridgehead atoms. The zero-order chi connectivity index (χ0) is 20.8. The van der Waals surface area contributed by atoms with Crippen molar-refractivity contribution in [3.63, 3.8) is 0 Å². The van der Waals surface area contributed by atoms with E-state index in [1.165, 1.54) is 42.4 Å². The molecule has 2 heterocycles. The minimum atomic E-state index is -0.991. The molecule has 1 aromatic heterocycles. The number of carboxylic acid groups (broad SMARTS) is 1. The zero-order valence-corrected chi connectivity index (χ0v) is 19.1. The monoisotopic (exact) mass is 437 g/mol. The van der Waals surface area contributed by atoms with E-state index in [4.69, 9.17) is 5.11 Å². The van der Waals surface area contributed by atoms with Gasteiger partial charge in [-0.3, -0.25) is 4.79 Å². The zero-order valence-electron chi connectivity index (χ0n) is 17.5. The Labute approximate surface area is 181 Å². The minimum Gasteiger partial charge on any atom is -0.476 e. The van der Waals surface area contributed by atoms with E-state index in [0.29, 0.717) is 30.5 Å². The lowest BCUT2D eigenvalue weighted by molar-refractivity contribution is -0.130. The standard InChI is InChI=1S/C21H31N3O3S2/c1-21(2)13-4-6-17(15(21)10-13)23(3)11-14-5-7-18(25)24(14)8-9-28-20-22-16(12-29-20)19(26)27/h12-15,17H,4-11H2,1-3H3,(H,26,27)/t13-,14+,15+,17+/m0/s1. The minimum absolute atomic E-state index is 0.0999. The van der Waals surface area contributed by atoms with Crippen LogP contribution in [-0.2, 0) is 4.79 Å². The van der Waals surface area contributed by atoms with Crippen LogP contribution < -0.4 is 0 Å². The molecular weight excluding hydrogens is 406 g/mol. The predicted molar refractivity (Wildman–Crippen MR) is 116 cm³/mol. The molecule has 1 aromatic rings. The summed E-state index contributed by atoms with van der Waals surface area (Å²) in [6, 6.07) is 0.937. The fourth-order valence-electron chi connectivity index (χ4n) is 5.71. The van der Waals surface area contributed by atoms with Gasteiger partial charge in [-0.15, -0.1) is 11.3 Å². The van der Waals surface area contributed by atoms with Gasteiger partial charge in [0.05, 0.1) is 0 Å². The lowest BCUT2D eigenvalue weighted by Crippen LogP contribution is -2.60. The highest BCUT2D eigenvalue weighted by Crippen LogP contribution is 2.60. The van der Waals surface area contributed by atoms with Crippen LogP contribution in [0.25, 0.3) is 0 Å². The van der Waals surface area contributed by atoms with Crippen LogP contribution >= 0.6 is 23.1 Å². The SMILES string of the molecule is CN(C[C@H]1CCC(=O)N1CCSc1nc(C(=O)O)cs1)[C@@H]1CC[C@H]2C[C@H]1C2(C)C. The summed E-state index contributed by atoms with van der Waals surface area (Å²) in [4.78, 5) is 32.1. The van der Waals surface area contributed by atoms with Crippen molar-refractivity contribution in [1.82, 2.24) is 14.8 Å². The number of aromatic nitrogens is 1. The van der Waals surface area contributed by atoms with Crippen LogP contribution in [0.4, 0.5) is 0 Å². The van der Waals surface area contributed by atoms with E-state index in [9.17, 15) is 9.59 Å². The van der Waals surface area contributed by atoms with Gasteiger partial charge < -0.3 is 14.9 Å². The number of carbonyl (C=O) groups is 2. The Morgan fingerprint density at radius 2 is 2.21 bits per heavy atom. The number of aromatic carboxylic acids is 1. The molecule has 0 radical (unpaired) electrons. The first-order valence-electron chi connectivity index (χ1n) is 10.6. The van der Waals surface area contributed by atoms with Gasteiger partial charge in [0.1, 0.15) is 0 Å². The fraction of sp³-hybridized carbons (Fsp3) is 0.762. The van der Waals surface area contributed by atoms with E-state index < -0.39 is 5.97 Å². The topological polar surface area (TPSA) is 73.7 Å². The van der Waals surface area contributed by atoms with Crippen LogP contribution in [0.2, 0.25) is 0 Å². The molecule has 1 N–H and O–H groups in total. The van der Waals surface area contributed by atoms with E-state index in [1.54, 1.807) is 5.38 Å². The van der Waals surface area contributed by atoms with E-state index in [2.05, 4.69) is 30.8 Å². The van der Waals surface area contributed by atoms with Gasteiger partial charge >= 0.3 is 5.97 Å². The highest BCUT2D eigenvalue weighted by Gasteiger charge is 2.55. The first-order valence-corrected chi connectivity index (χ1v) is 12.4. The van der Waals surface area contributed by atoms with Gasteiger partial charge in [-0.05, 0) is 50.0 Å². The Hall–Kier alpha value is -1.12. The number of nitrogens with zero attached hydrogens (tertiary/aromatic N) is 3. The first kappa shape index (κ1) is 21.1. The number of hydrogen-bond donors (Lipinski definition) is 1. The van der Waals surface area contributed by atoms with Gasteiger partial charge in [-0.2, -0.15) is 0 Å². The molecular formula is C21H31N3O3S2. The van der Waals surface area contributed by atoms with E-state index in [1.807, 2.05) is 4.90 Å². The number of fused-ring (bicyclic) bond motifs is 2. The third-order valence-electron chi connectivity index (χ3n) is 7.60. The summed E-state index contributed by atoms with van der Waals surface area (Å²) in [6.07, 6.45) is 5.59. The molecule has 8 heteroatoms.